The van der Waals surface area contributed by atoms with Crippen molar-refractivity contribution in [2.24, 2.45) is 0 Å². The SMILES string of the molecule is O=C1C=C(O)c2[nH]c3c(c4c(c5nc[nH]c53)C(=O)NC4)c2C1=O. The standard InChI is InChI=1S/C15H8N4O4/c20-5-1-6(21)14(22)9-7-4-2-16-15(23)8(4)11-13(18-3-17-11)12(7)19-10(5)9/h1,3,19-20H,2H2,(H,16,23)(H,17,18). The lowest BCUT2D eigenvalue weighted by atomic mass is 9.93. The first-order valence-corrected chi connectivity index (χ1v) is 6.89. The van der Waals surface area contributed by atoms with Crippen LogP contribution in [-0.2, 0) is 11.3 Å². The second-order valence-corrected chi connectivity index (χ2v) is 5.51. The van der Waals surface area contributed by atoms with Crippen molar-refractivity contribution in [3.8, 4) is 0 Å². The van der Waals surface area contributed by atoms with Crippen LogP contribution in [0.25, 0.3) is 27.7 Å². The highest BCUT2D eigenvalue weighted by molar-refractivity contribution is 6.52. The minimum absolute atomic E-state index is 0.106. The van der Waals surface area contributed by atoms with Gasteiger partial charge in [-0.3, -0.25) is 14.4 Å². The average molecular weight is 308 g/mol. The Morgan fingerprint density at radius 1 is 1.13 bits per heavy atom. The molecule has 2 aromatic heterocycles. The normalized spacial score (nSPS) is 16.7. The van der Waals surface area contributed by atoms with E-state index in [1.807, 2.05) is 0 Å². The number of fused-ring (bicyclic) bond motifs is 8. The number of hydrogen-bond donors (Lipinski definition) is 4. The van der Waals surface area contributed by atoms with E-state index in [-0.39, 0.29) is 29.5 Å². The van der Waals surface area contributed by atoms with Gasteiger partial charge in [-0.1, -0.05) is 0 Å². The van der Waals surface area contributed by atoms with Gasteiger partial charge in [-0.05, 0) is 5.56 Å². The van der Waals surface area contributed by atoms with E-state index < -0.39 is 11.6 Å². The number of benzene rings is 1. The van der Waals surface area contributed by atoms with Crippen LogP contribution in [0.2, 0.25) is 0 Å². The predicted octanol–water partition coefficient (Wildman–Crippen LogP) is 0.952. The van der Waals surface area contributed by atoms with Crippen LogP contribution in [0.3, 0.4) is 0 Å². The summed E-state index contributed by atoms with van der Waals surface area (Å²) >= 11 is 0. The maximum Gasteiger partial charge on any atom is 0.254 e. The highest BCUT2D eigenvalue weighted by Gasteiger charge is 2.35. The maximum absolute atomic E-state index is 12.3. The van der Waals surface area contributed by atoms with E-state index in [0.29, 0.717) is 33.1 Å². The molecular weight excluding hydrogens is 300 g/mol. The number of H-pyrrole nitrogens is 2. The number of allylic oxidation sites excluding steroid dienone is 1. The third kappa shape index (κ3) is 1.26. The summed E-state index contributed by atoms with van der Waals surface area (Å²) in [6.45, 7) is 0.240. The first kappa shape index (κ1) is 12.2. The van der Waals surface area contributed by atoms with E-state index in [9.17, 15) is 19.5 Å². The van der Waals surface area contributed by atoms with Crippen molar-refractivity contribution in [1.82, 2.24) is 20.3 Å². The number of nitrogens with zero attached hydrogens (tertiary/aromatic N) is 1. The Morgan fingerprint density at radius 3 is 2.78 bits per heavy atom. The minimum Gasteiger partial charge on any atom is -0.506 e. The van der Waals surface area contributed by atoms with Crippen molar-refractivity contribution in [3.05, 3.63) is 34.8 Å². The molecule has 3 aromatic rings. The number of aliphatic hydroxyl groups is 1. The molecule has 0 spiro atoms. The van der Waals surface area contributed by atoms with E-state index in [4.69, 9.17) is 0 Å². The Labute approximate surface area is 127 Å². The zero-order chi connectivity index (χ0) is 15.9. The van der Waals surface area contributed by atoms with Gasteiger partial charge >= 0.3 is 0 Å². The van der Waals surface area contributed by atoms with Gasteiger partial charge in [0.1, 0.15) is 11.3 Å². The quantitative estimate of drug-likeness (QED) is 0.460. The third-order valence-electron chi connectivity index (χ3n) is 4.36. The molecule has 4 N–H and O–H groups in total. The Hall–Kier alpha value is -3.42. The van der Waals surface area contributed by atoms with Crippen molar-refractivity contribution in [2.75, 3.05) is 0 Å². The van der Waals surface area contributed by atoms with Gasteiger partial charge in [-0.15, -0.1) is 0 Å². The van der Waals surface area contributed by atoms with Gasteiger partial charge in [0.2, 0.25) is 11.6 Å². The molecule has 0 saturated heterocycles. The maximum atomic E-state index is 12.3. The summed E-state index contributed by atoms with van der Waals surface area (Å²) in [6.07, 6.45) is 2.35. The summed E-state index contributed by atoms with van der Waals surface area (Å²) in [5, 5.41) is 13.2. The minimum atomic E-state index is -0.786. The Kier molecular flexibility index (Phi) is 1.94. The zero-order valence-electron chi connectivity index (χ0n) is 11.5. The number of aromatic amines is 2. The molecule has 1 aromatic carbocycles. The van der Waals surface area contributed by atoms with Crippen molar-refractivity contribution in [1.29, 1.82) is 0 Å². The van der Waals surface area contributed by atoms with Gasteiger partial charge in [-0.25, -0.2) is 4.98 Å². The Bertz CT molecular complexity index is 1130. The molecule has 0 saturated carbocycles. The number of nitrogens with one attached hydrogen (secondary N) is 3. The summed E-state index contributed by atoms with van der Waals surface area (Å²) in [5.41, 5.74) is 2.88. The molecule has 0 bridgehead atoms. The smallest absolute Gasteiger partial charge is 0.254 e. The average Bonchev–Trinajstić information content (AvgIpc) is 3.19. The number of ketones is 2. The largest absolute Gasteiger partial charge is 0.506 e. The summed E-state index contributed by atoms with van der Waals surface area (Å²) in [7, 11) is 0. The lowest BCUT2D eigenvalue weighted by Crippen LogP contribution is -2.18. The number of aromatic nitrogens is 3. The molecule has 23 heavy (non-hydrogen) atoms. The molecule has 8 nitrogen and oxygen atoms in total. The van der Waals surface area contributed by atoms with E-state index in [2.05, 4.69) is 20.3 Å². The van der Waals surface area contributed by atoms with E-state index in [0.717, 1.165) is 6.08 Å². The van der Waals surface area contributed by atoms with Crippen LogP contribution in [0, 0.1) is 0 Å². The summed E-state index contributed by atoms with van der Waals surface area (Å²) in [4.78, 5) is 46.4. The summed E-state index contributed by atoms with van der Waals surface area (Å²) in [6, 6.07) is 0. The van der Waals surface area contributed by atoms with Crippen LogP contribution in [0.15, 0.2) is 12.4 Å². The Balaban J connectivity index is 2.08. The van der Waals surface area contributed by atoms with Gasteiger partial charge < -0.3 is 20.4 Å². The lowest BCUT2D eigenvalue weighted by molar-refractivity contribution is -0.111. The fourth-order valence-electron chi connectivity index (χ4n) is 3.41. The molecule has 8 heteroatoms. The number of rotatable bonds is 0. The summed E-state index contributed by atoms with van der Waals surface area (Å²) < 4.78 is 0. The van der Waals surface area contributed by atoms with Crippen molar-refractivity contribution in [2.45, 2.75) is 6.54 Å². The van der Waals surface area contributed by atoms with Gasteiger partial charge in [-0.2, -0.15) is 0 Å². The molecule has 5 rings (SSSR count). The number of hydrogen-bond acceptors (Lipinski definition) is 5. The second kappa shape index (κ2) is 3.67. The lowest BCUT2D eigenvalue weighted by Gasteiger charge is -2.08. The number of Topliss-reactive ketones (excluding diaryl/α,β-unsaturated/α-hetero) is 1. The van der Waals surface area contributed by atoms with E-state index in [1.54, 1.807) is 0 Å². The van der Waals surface area contributed by atoms with Gasteiger partial charge in [0.15, 0.2) is 0 Å². The Morgan fingerprint density at radius 2 is 1.96 bits per heavy atom. The van der Waals surface area contributed by atoms with Crippen LogP contribution in [0.4, 0.5) is 0 Å². The summed E-state index contributed by atoms with van der Waals surface area (Å²) in [5.74, 6) is -2.06. The number of carbonyl (C=O) groups is 3. The fraction of sp³-hybridized carbons (Fsp3) is 0.0667. The van der Waals surface area contributed by atoms with Crippen molar-refractivity contribution < 1.29 is 19.5 Å². The number of amides is 1. The number of carbonyl (C=O) groups excluding carboxylic acids is 3. The highest BCUT2D eigenvalue weighted by Crippen LogP contribution is 2.39. The molecule has 1 aliphatic heterocycles. The van der Waals surface area contributed by atoms with E-state index in [1.165, 1.54) is 6.33 Å². The van der Waals surface area contributed by atoms with Crippen molar-refractivity contribution >= 4 is 45.2 Å². The van der Waals surface area contributed by atoms with Gasteiger partial charge in [0.05, 0.1) is 34.2 Å². The van der Waals surface area contributed by atoms with Crippen LogP contribution in [-0.4, -0.2) is 37.5 Å². The fourth-order valence-corrected chi connectivity index (χ4v) is 3.41. The van der Waals surface area contributed by atoms with Gasteiger partial charge in [0.25, 0.3) is 5.91 Å². The predicted molar refractivity (Wildman–Crippen MR) is 79.1 cm³/mol. The molecule has 0 unspecified atom stereocenters. The zero-order valence-corrected chi connectivity index (χ0v) is 11.5. The van der Waals surface area contributed by atoms with Crippen LogP contribution < -0.4 is 5.32 Å². The molecule has 2 aliphatic rings. The molecule has 1 aliphatic carbocycles. The number of imidazole rings is 1. The first-order chi connectivity index (χ1) is 11.1. The topological polar surface area (TPSA) is 128 Å². The van der Waals surface area contributed by atoms with Crippen molar-refractivity contribution in [3.63, 3.8) is 0 Å². The molecule has 0 radical (unpaired) electrons. The van der Waals surface area contributed by atoms with Crippen LogP contribution >= 0.6 is 0 Å². The molecular formula is C15H8N4O4. The monoisotopic (exact) mass is 308 g/mol. The third-order valence-corrected chi connectivity index (χ3v) is 4.36. The first-order valence-electron chi connectivity index (χ1n) is 6.89. The molecule has 0 fully saturated rings. The van der Waals surface area contributed by atoms with E-state index >= 15 is 0 Å². The second-order valence-electron chi connectivity index (χ2n) is 5.51. The van der Waals surface area contributed by atoms with Crippen LogP contribution in [0.1, 0.15) is 32.0 Å². The van der Waals surface area contributed by atoms with Crippen LogP contribution in [0.5, 0.6) is 0 Å². The molecule has 112 valence electrons. The number of aliphatic hydroxyl groups excluding tert-OH is 1. The molecule has 3 heterocycles. The molecule has 1 amide bonds. The van der Waals surface area contributed by atoms with Gasteiger partial charge in [0, 0.05) is 18.0 Å². The highest BCUT2D eigenvalue weighted by atomic mass is 16.3. The molecule has 0 atom stereocenters.